The summed E-state index contributed by atoms with van der Waals surface area (Å²) in [6.45, 7) is 10.3. The number of aryl methyl sites for hydroxylation is 1. The second-order valence-corrected chi connectivity index (χ2v) is 9.72. The first kappa shape index (κ1) is 25.7. The molecule has 2 fully saturated rings. The number of Topliss-reactive ketones (excluding diaryl/α,β-unsaturated/α-hetero) is 1. The van der Waals surface area contributed by atoms with Crippen molar-refractivity contribution >= 4 is 17.4 Å². The van der Waals surface area contributed by atoms with Crippen molar-refractivity contribution in [3.63, 3.8) is 0 Å². The van der Waals surface area contributed by atoms with Crippen LogP contribution in [-0.2, 0) is 14.3 Å². The maximum Gasteiger partial charge on any atom is 0.295 e. The summed E-state index contributed by atoms with van der Waals surface area (Å²) in [5.41, 5.74) is 1.95. The Labute approximate surface area is 211 Å². The van der Waals surface area contributed by atoms with Gasteiger partial charge in [0.15, 0.2) is 0 Å². The third kappa shape index (κ3) is 5.55. The first-order valence-electron chi connectivity index (χ1n) is 12.4. The molecule has 2 heterocycles. The first-order valence-corrected chi connectivity index (χ1v) is 12.4. The van der Waals surface area contributed by atoms with Crippen LogP contribution in [-0.4, -0.2) is 77.7 Å². The van der Waals surface area contributed by atoms with Crippen LogP contribution in [0.5, 0.6) is 11.5 Å². The summed E-state index contributed by atoms with van der Waals surface area (Å²) in [7, 11) is 0. The van der Waals surface area contributed by atoms with Gasteiger partial charge in [-0.3, -0.25) is 14.5 Å². The minimum absolute atomic E-state index is 0.0444. The number of ether oxygens (including phenoxy) is 2. The maximum absolute atomic E-state index is 13.2. The van der Waals surface area contributed by atoms with Crippen LogP contribution in [0.4, 0.5) is 0 Å². The molecule has 0 bridgehead atoms. The summed E-state index contributed by atoms with van der Waals surface area (Å²) in [6, 6.07) is 10.9. The average Bonchev–Trinajstić information content (AvgIpc) is 3.12. The molecule has 0 aromatic heterocycles. The van der Waals surface area contributed by atoms with E-state index in [-0.39, 0.29) is 17.1 Å². The third-order valence-electron chi connectivity index (χ3n) is 6.53. The van der Waals surface area contributed by atoms with E-state index in [2.05, 4.69) is 18.7 Å². The van der Waals surface area contributed by atoms with Gasteiger partial charge in [-0.25, -0.2) is 0 Å². The number of benzene rings is 2. The molecule has 0 saturated carbocycles. The zero-order valence-electron chi connectivity index (χ0n) is 21.1. The van der Waals surface area contributed by atoms with Crippen LogP contribution in [0.3, 0.4) is 0 Å². The van der Waals surface area contributed by atoms with Crippen LogP contribution in [0, 0.1) is 12.8 Å². The van der Waals surface area contributed by atoms with Crippen molar-refractivity contribution in [1.29, 1.82) is 0 Å². The fourth-order valence-electron chi connectivity index (χ4n) is 4.56. The predicted octanol–water partition coefficient (Wildman–Crippen LogP) is 3.49. The van der Waals surface area contributed by atoms with Gasteiger partial charge in [0.1, 0.15) is 17.3 Å². The Morgan fingerprint density at radius 3 is 2.42 bits per heavy atom. The molecule has 0 unspecified atom stereocenters. The lowest BCUT2D eigenvalue weighted by molar-refractivity contribution is -0.140. The van der Waals surface area contributed by atoms with Gasteiger partial charge in [-0.15, -0.1) is 0 Å². The number of aliphatic hydroxyl groups excluding tert-OH is 1. The highest BCUT2D eigenvalue weighted by molar-refractivity contribution is 6.46. The van der Waals surface area contributed by atoms with E-state index in [1.807, 2.05) is 6.92 Å². The number of aromatic hydroxyl groups is 1. The zero-order valence-corrected chi connectivity index (χ0v) is 21.1. The Morgan fingerprint density at radius 1 is 1.08 bits per heavy atom. The van der Waals surface area contributed by atoms with Crippen LogP contribution in [0.2, 0.25) is 0 Å². The molecule has 2 aliphatic heterocycles. The Balaban J connectivity index is 1.69. The molecular weight excluding hydrogens is 460 g/mol. The van der Waals surface area contributed by atoms with E-state index in [4.69, 9.17) is 9.47 Å². The number of hydrogen-bond acceptors (Lipinski definition) is 7. The van der Waals surface area contributed by atoms with Gasteiger partial charge in [0, 0.05) is 31.7 Å². The van der Waals surface area contributed by atoms with Crippen LogP contribution in [0.1, 0.15) is 36.6 Å². The van der Waals surface area contributed by atoms with Gasteiger partial charge in [0.2, 0.25) is 0 Å². The molecule has 0 aliphatic carbocycles. The van der Waals surface area contributed by atoms with Crippen LogP contribution in [0.25, 0.3) is 5.76 Å². The van der Waals surface area contributed by atoms with Crippen molar-refractivity contribution in [2.75, 3.05) is 46.0 Å². The number of ketones is 1. The first-order chi connectivity index (χ1) is 17.3. The van der Waals surface area contributed by atoms with Crippen molar-refractivity contribution < 1.29 is 29.3 Å². The molecule has 0 radical (unpaired) electrons. The van der Waals surface area contributed by atoms with E-state index in [1.54, 1.807) is 30.3 Å². The number of phenols is 1. The number of carbonyl (C=O) groups is 2. The molecule has 8 nitrogen and oxygen atoms in total. The van der Waals surface area contributed by atoms with Gasteiger partial charge < -0.3 is 24.6 Å². The summed E-state index contributed by atoms with van der Waals surface area (Å²) < 4.78 is 11.2. The molecule has 2 aliphatic rings. The number of likely N-dealkylation sites (tertiary alicyclic amines) is 1. The fourth-order valence-corrected chi connectivity index (χ4v) is 4.56. The third-order valence-corrected chi connectivity index (χ3v) is 6.53. The van der Waals surface area contributed by atoms with Gasteiger partial charge in [-0.05, 0) is 54.3 Å². The Bertz CT molecular complexity index is 1140. The number of morpholine rings is 1. The molecule has 2 saturated heterocycles. The summed E-state index contributed by atoms with van der Waals surface area (Å²) in [5, 5.41) is 21.1. The van der Waals surface area contributed by atoms with Gasteiger partial charge in [-0.2, -0.15) is 0 Å². The number of phenolic OH excluding ortho intramolecular Hbond substituents is 1. The number of carbonyl (C=O) groups excluding carboxylic acids is 2. The number of nitrogens with zero attached hydrogens (tertiary/aromatic N) is 2. The second kappa shape index (κ2) is 11.1. The van der Waals surface area contributed by atoms with E-state index >= 15 is 0 Å². The lowest BCUT2D eigenvalue weighted by Gasteiger charge is -2.31. The fraction of sp³-hybridized carbons (Fsp3) is 0.429. The zero-order chi connectivity index (χ0) is 25.8. The molecular formula is C28H34N2O6. The minimum Gasteiger partial charge on any atom is -0.508 e. The summed E-state index contributed by atoms with van der Waals surface area (Å²) in [5.74, 6) is -0.421. The summed E-state index contributed by atoms with van der Waals surface area (Å²) in [4.78, 5) is 30.1. The van der Waals surface area contributed by atoms with Crippen LogP contribution in [0.15, 0.2) is 48.0 Å². The Morgan fingerprint density at radius 2 is 1.78 bits per heavy atom. The van der Waals surface area contributed by atoms with E-state index in [1.165, 1.54) is 17.0 Å². The van der Waals surface area contributed by atoms with Gasteiger partial charge in [0.25, 0.3) is 11.7 Å². The van der Waals surface area contributed by atoms with Crippen molar-refractivity contribution in [2.45, 2.75) is 26.8 Å². The minimum atomic E-state index is -0.760. The van der Waals surface area contributed by atoms with Crippen molar-refractivity contribution in [1.82, 2.24) is 9.80 Å². The number of amides is 1. The van der Waals surface area contributed by atoms with Crippen LogP contribution >= 0.6 is 0 Å². The van der Waals surface area contributed by atoms with Crippen molar-refractivity contribution in [2.24, 2.45) is 5.92 Å². The summed E-state index contributed by atoms with van der Waals surface area (Å²) >= 11 is 0. The molecule has 1 atom stereocenters. The normalized spacial score (nSPS) is 20.3. The maximum atomic E-state index is 13.2. The quantitative estimate of drug-likeness (QED) is 0.329. The number of aliphatic hydroxyl groups is 1. The highest BCUT2D eigenvalue weighted by atomic mass is 16.5. The molecule has 4 rings (SSSR count). The molecule has 192 valence electrons. The van der Waals surface area contributed by atoms with Crippen molar-refractivity contribution in [3.05, 3.63) is 64.7 Å². The van der Waals surface area contributed by atoms with Gasteiger partial charge in [-0.1, -0.05) is 26.0 Å². The number of rotatable bonds is 8. The largest absolute Gasteiger partial charge is 0.508 e. The smallest absolute Gasteiger partial charge is 0.295 e. The summed E-state index contributed by atoms with van der Waals surface area (Å²) in [6.07, 6.45) is 0. The standard InChI is InChI=1S/C28H34N2O6/c1-18(2)17-36-23-9-6-21(16-19(23)3)26(32)24-25(20-4-7-22(31)8-5-20)30(28(34)27(24)33)11-10-29-12-14-35-15-13-29/h4-9,16,18,25,31-32H,10-15,17H2,1-3H3/b26-24+/t25-/m0/s1. The molecule has 2 aromatic rings. The van der Waals surface area contributed by atoms with E-state index < -0.39 is 17.7 Å². The van der Waals surface area contributed by atoms with Crippen LogP contribution < -0.4 is 4.74 Å². The number of hydrogen-bond donors (Lipinski definition) is 2. The Kier molecular flexibility index (Phi) is 7.96. The topological polar surface area (TPSA) is 99.5 Å². The molecule has 1 amide bonds. The highest BCUT2D eigenvalue weighted by Crippen LogP contribution is 2.40. The average molecular weight is 495 g/mol. The monoisotopic (exact) mass is 494 g/mol. The molecule has 2 N–H and O–H groups in total. The highest BCUT2D eigenvalue weighted by Gasteiger charge is 2.46. The molecule has 0 spiro atoms. The molecule has 2 aromatic carbocycles. The Hall–Kier alpha value is -3.36. The second-order valence-electron chi connectivity index (χ2n) is 9.72. The van der Waals surface area contributed by atoms with Gasteiger partial charge in [0.05, 0.1) is 31.4 Å². The lowest BCUT2D eigenvalue weighted by atomic mass is 9.94. The van der Waals surface area contributed by atoms with E-state index in [9.17, 15) is 19.8 Å². The van der Waals surface area contributed by atoms with Crippen molar-refractivity contribution in [3.8, 4) is 11.5 Å². The van der Waals surface area contributed by atoms with Gasteiger partial charge >= 0.3 is 0 Å². The van der Waals surface area contributed by atoms with E-state index in [0.717, 1.165) is 18.7 Å². The SMILES string of the molecule is Cc1cc(/C(O)=C2\C(=O)C(=O)N(CCN3CCOCC3)[C@H]2c2ccc(O)cc2)ccc1OCC(C)C. The predicted molar refractivity (Wildman–Crippen MR) is 136 cm³/mol. The molecule has 36 heavy (non-hydrogen) atoms. The lowest BCUT2D eigenvalue weighted by Crippen LogP contribution is -2.42. The van der Waals surface area contributed by atoms with E-state index in [0.29, 0.717) is 55.7 Å². The molecule has 8 heteroatoms.